The molecule has 3 nitrogen and oxygen atoms in total. The number of ether oxygens (including phenoxy) is 1. The zero-order valence-electron chi connectivity index (χ0n) is 9.58. The van der Waals surface area contributed by atoms with Crippen molar-refractivity contribution in [1.29, 1.82) is 0 Å². The van der Waals surface area contributed by atoms with Crippen molar-refractivity contribution in [2.24, 2.45) is 0 Å². The number of methoxy groups -OCH3 is 1. The fourth-order valence-electron chi connectivity index (χ4n) is 1.51. The summed E-state index contributed by atoms with van der Waals surface area (Å²) in [6, 6.07) is 5.88. The number of phenols is 1. The Hall–Kier alpha value is -1.06. The van der Waals surface area contributed by atoms with E-state index in [1.165, 1.54) is 0 Å². The molecule has 0 spiro atoms. The Bertz CT molecular complexity index is 312. The standard InChI is InChI=1S/C12H19NO2/c1-9-4-5-11(12(14)8-9)10(2)13-6-7-15-3/h4-5,8,10,13-14H,6-7H2,1-3H3. The maximum Gasteiger partial charge on any atom is 0.120 e. The van der Waals surface area contributed by atoms with E-state index in [0.717, 1.165) is 17.7 Å². The van der Waals surface area contributed by atoms with Gasteiger partial charge in [-0.1, -0.05) is 12.1 Å². The number of phenolic OH excluding ortho intramolecular Hbond substituents is 1. The molecule has 0 saturated heterocycles. The van der Waals surface area contributed by atoms with E-state index in [0.29, 0.717) is 12.4 Å². The summed E-state index contributed by atoms with van der Waals surface area (Å²) in [6.45, 7) is 5.45. The van der Waals surface area contributed by atoms with Gasteiger partial charge in [0, 0.05) is 25.3 Å². The Kier molecular flexibility index (Phi) is 4.59. The molecule has 0 aromatic heterocycles. The number of aromatic hydroxyl groups is 1. The summed E-state index contributed by atoms with van der Waals surface area (Å²) >= 11 is 0. The topological polar surface area (TPSA) is 41.5 Å². The molecule has 3 heteroatoms. The molecule has 0 radical (unpaired) electrons. The van der Waals surface area contributed by atoms with Crippen LogP contribution in [-0.2, 0) is 4.74 Å². The molecule has 0 heterocycles. The van der Waals surface area contributed by atoms with Gasteiger partial charge < -0.3 is 15.2 Å². The third kappa shape index (κ3) is 3.53. The minimum Gasteiger partial charge on any atom is -0.508 e. The van der Waals surface area contributed by atoms with Crippen LogP contribution in [0, 0.1) is 6.92 Å². The summed E-state index contributed by atoms with van der Waals surface area (Å²) in [4.78, 5) is 0. The van der Waals surface area contributed by atoms with Gasteiger partial charge in [0.2, 0.25) is 0 Å². The predicted octanol–water partition coefficient (Wildman–Crippen LogP) is 2.00. The normalized spacial score (nSPS) is 12.7. The van der Waals surface area contributed by atoms with Crippen LogP contribution in [0.5, 0.6) is 5.75 Å². The molecule has 1 aromatic carbocycles. The number of rotatable bonds is 5. The van der Waals surface area contributed by atoms with Crippen molar-refractivity contribution < 1.29 is 9.84 Å². The second kappa shape index (κ2) is 5.73. The molecule has 15 heavy (non-hydrogen) atoms. The summed E-state index contributed by atoms with van der Waals surface area (Å²) < 4.78 is 4.95. The Morgan fingerprint density at radius 2 is 2.20 bits per heavy atom. The van der Waals surface area contributed by atoms with Crippen LogP contribution in [0.25, 0.3) is 0 Å². The summed E-state index contributed by atoms with van der Waals surface area (Å²) in [5, 5.41) is 13.0. The molecule has 1 unspecified atom stereocenters. The Labute approximate surface area is 91.1 Å². The first-order chi connectivity index (χ1) is 7.15. The first-order valence-electron chi connectivity index (χ1n) is 5.17. The van der Waals surface area contributed by atoms with Gasteiger partial charge in [-0.25, -0.2) is 0 Å². The van der Waals surface area contributed by atoms with Crippen LogP contribution in [0.2, 0.25) is 0 Å². The molecule has 0 aliphatic heterocycles. The largest absolute Gasteiger partial charge is 0.508 e. The quantitative estimate of drug-likeness (QED) is 0.729. The van der Waals surface area contributed by atoms with Crippen molar-refractivity contribution in [1.82, 2.24) is 5.32 Å². The SMILES string of the molecule is COCCNC(C)c1ccc(C)cc1O. The van der Waals surface area contributed by atoms with Gasteiger partial charge >= 0.3 is 0 Å². The van der Waals surface area contributed by atoms with Crippen molar-refractivity contribution >= 4 is 0 Å². The molecule has 0 saturated carbocycles. The first kappa shape index (κ1) is 12.0. The van der Waals surface area contributed by atoms with Gasteiger partial charge in [-0.05, 0) is 25.5 Å². The van der Waals surface area contributed by atoms with Gasteiger partial charge in [0.05, 0.1) is 6.61 Å². The van der Waals surface area contributed by atoms with E-state index >= 15 is 0 Å². The van der Waals surface area contributed by atoms with Crippen LogP contribution in [0.3, 0.4) is 0 Å². The first-order valence-corrected chi connectivity index (χ1v) is 5.17. The van der Waals surface area contributed by atoms with Gasteiger partial charge in [0.15, 0.2) is 0 Å². The predicted molar refractivity (Wildman–Crippen MR) is 61.1 cm³/mol. The lowest BCUT2D eigenvalue weighted by Gasteiger charge is -2.15. The van der Waals surface area contributed by atoms with Crippen LogP contribution in [0.15, 0.2) is 18.2 Å². The average molecular weight is 209 g/mol. The summed E-state index contributed by atoms with van der Waals surface area (Å²) in [6.07, 6.45) is 0. The highest BCUT2D eigenvalue weighted by atomic mass is 16.5. The number of nitrogens with one attached hydrogen (secondary N) is 1. The molecule has 84 valence electrons. The van der Waals surface area contributed by atoms with E-state index in [-0.39, 0.29) is 6.04 Å². The van der Waals surface area contributed by atoms with Crippen molar-refractivity contribution in [3.63, 3.8) is 0 Å². The van der Waals surface area contributed by atoms with E-state index < -0.39 is 0 Å². The monoisotopic (exact) mass is 209 g/mol. The Morgan fingerprint density at radius 1 is 1.47 bits per heavy atom. The van der Waals surface area contributed by atoms with E-state index in [2.05, 4.69) is 5.32 Å². The smallest absolute Gasteiger partial charge is 0.120 e. The third-order valence-electron chi connectivity index (χ3n) is 2.41. The molecular weight excluding hydrogens is 190 g/mol. The van der Waals surface area contributed by atoms with Crippen LogP contribution in [-0.4, -0.2) is 25.4 Å². The van der Waals surface area contributed by atoms with E-state index in [1.54, 1.807) is 13.2 Å². The molecule has 1 atom stereocenters. The van der Waals surface area contributed by atoms with Crippen LogP contribution >= 0.6 is 0 Å². The average Bonchev–Trinajstić information content (AvgIpc) is 2.17. The molecule has 0 fully saturated rings. The second-order valence-electron chi connectivity index (χ2n) is 3.73. The maximum absolute atomic E-state index is 9.75. The summed E-state index contributed by atoms with van der Waals surface area (Å²) in [5.41, 5.74) is 2.00. The lowest BCUT2D eigenvalue weighted by Crippen LogP contribution is -2.22. The highest BCUT2D eigenvalue weighted by Gasteiger charge is 2.08. The molecule has 0 aliphatic carbocycles. The zero-order chi connectivity index (χ0) is 11.3. The van der Waals surface area contributed by atoms with Gasteiger partial charge in [-0.3, -0.25) is 0 Å². The highest BCUT2D eigenvalue weighted by Crippen LogP contribution is 2.24. The van der Waals surface area contributed by atoms with Crippen LogP contribution in [0.4, 0.5) is 0 Å². The molecule has 2 N–H and O–H groups in total. The fraction of sp³-hybridized carbons (Fsp3) is 0.500. The third-order valence-corrected chi connectivity index (χ3v) is 2.41. The van der Waals surface area contributed by atoms with Gasteiger partial charge in [0.1, 0.15) is 5.75 Å². The van der Waals surface area contributed by atoms with Crippen molar-refractivity contribution in [3.05, 3.63) is 29.3 Å². The van der Waals surface area contributed by atoms with E-state index in [9.17, 15) is 5.11 Å². The van der Waals surface area contributed by atoms with E-state index in [4.69, 9.17) is 4.74 Å². The number of hydrogen-bond acceptors (Lipinski definition) is 3. The molecule has 1 aromatic rings. The second-order valence-corrected chi connectivity index (χ2v) is 3.73. The summed E-state index contributed by atoms with van der Waals surface area (Å²) in [5.74, 6) is 0.354. The lowest BCUT2D eigenvalue weighted by atomic mass is 10.1. The van der Waals surface area contributed by atoms with Crippen molar-refractivity contribution in [2.45, 2.75) is 19.9 Å². The zero-order valence-corrected chi connectivity index (χ0v) is 9.58. The number of hydrogen-bond donors (Lipinski definition) is 2. The minimum absolute atomic E-state index is 0.140. The minimum atomic E-state index is 0.140. The van der Waals surface area contributed by atoms with Crippen LogP contribution in [0.1, 0.15) is 24.1 Å². The molecular formula is C12H19NO2. The molecule has 0 aliphatic rings. The van der Waals surface area contributed by atoms with E-state index in [1.807, 2.05) is 26.0 Å². The van der Waals surface area contributed by atoms with Gasteiger partial charge in [-0.2, -0.15) is 0 Å². The number of benzene rings is 1. The van der Waals surface area contributed by atoms with Crippen molar-refractivity contribution in [2.75, 3.05) is 20.3 Å². The maximum atomic E-state index is 9.75. The van der Waals surface area contributed by atoms with Crippen LogP contribution < -0.4 is 5.32 Å². The fourth-order valence-corrected chi connectivity index (χ4v) is 1.51. The Balaban J connectivity index is 2.61. The Morgan fingerprint density at radius 3 is 2.80 bits per heavy atom. The molecule has 1 rings (SSSR count). The molecule has 0 amide bonds. The number of aryl methyl sites for hydroxylation is 1. The molecule has 0 bridgehead atoms. The van der Waals surface area contributed by atoms with Crippen molar-refractivity contribution in [3.8, 4) is 5.75 Å². The lowest BCUT2D eigenvalue weighted by molar-refractivity contribution is 0.196. The van der Waals surface area contributed by atoms with Gasteiger partial charge in [-0.15, -0.1) is 0 Å². The van der Waals surface area contributed by atoms with Gasteiger partial charge in [0.25, 0.3) is 0 Å². The summed E-state index contributed by atoms with van der Waals surface area (Å²) in [7, 11) is 1.68. The highest BCUT2D eigenvalue weighted by molar-refractivity contribution is 5.37.